The number of carbonyl (C=O) groups is 3. The Bertz CT molecular complexity index is 529. The number of carbonyl (C=O) groups excluding carboxylic acids is 3. The molecule has 0 aliphatic rings. The van der Waals surface area contributed by atoms with E-state index in [0.29, 0.717) is 37.4 Å². The van der Waals surface area contributed by atoms with Crippen LogP contribution in [0, 0.1) is 11.3 Å². The Balaban J connectivity index is 3.61. The van der Waals surface area contributed by atoms with Gasteiger partial charge in [-0.1, -0.05) is 40.7 Å². The van der Waals surface area contributed by atoms with Crippen molar-refractivity contribution in [3.63, 3.8) is 0 Å². The molecule has 168 valence electrons. The minimum absolute atomic E-state index is 0.0669. The molecule has 0 aromatic carbocycles. The van der Waals surface area contributed by atoms with Crippen molar-refractivity contribution in [2.45, 2.75) is 73.1 Å². The van der Waals surface area contributed by atoms with Gasteiger partial charge in [-0.15, -0.1) is 0 Å². The molecule has 1 N–H and O–H groups in total. The topological polar surface area (TPSA) is 90.9 Å². The normalized spacial score (nSPS) is 12.0. The summed E-state index contributed by atoms with van der Waals surface area (Å²) >= 11 is 0. The third-order valence-electron chi connectivity index (χ3n) is 4.60. The standard InChI is InChI=1S/C22H39NO6/c1-7-22(5,6)15-18(4)16-29-19(24)11-9-8-10-13-28-21(26)23-12-14-27-20(25)17(2)3/h18H,2,7-16H2,1,3-6H3,(H,23,26). The van der Waals surface area contributed by atoms with Gasteiger partial charge < -0.3 is 19.5 Å². The first-order chi connectivity index (χ1) is 13.6. The second-order valence-electron chi connectivity index (χ2n) is 8.30. The van der Waals surface area contributed by atoms with Gasteiger partial charge in [-0.3, -0.25) is 4.79 Å². The first-order valence-electron chi connectivity index (χ1n) is 10.5. The fraction of sp³-hybridized carbons (Fsp3) is 0.773. The van der Waals surface area contributed by atoms with Crippen LogP contribution in [-0.2, 0) is 23.8 Å². The molecule has 29 heavy (non-hydrogen) atoms. The lowest BCUT2D eigenvalue weighted by molar-refractivity contribution is -0.145. The van der Waals surface area contributed by atoms with Gasteiger partial charge in [0.25, 0.3) is 0 Å². The van der Waals surface area contributed by atoms with Crippen LogP contribution in [-0.4, -0.2) is 44.4 Å². The van der Waals surface area contributed by atoms with Gasteiger partial charge in [-0.05, 0) is 43.9 Å². The number of rotatable bonds is 15. The van der Waals surface area contributed by atoms with Crippen molar-refractivity contribution >= 4 is 18.0 Å². The van der Waals surface area contributed by atoms with E-state index in [1.165, 1.54) is 0 Å². The SMILES string of the molecule is C=C(C)C(=O)OCCNC(=O)OCCCCCC(=O)OCC(C)CC(C)(C)CC. The van der Waals surface area contributed by atoms with Crippen LogP contribution in [0.1, 0.15) is 73.1 Å². The minimum Gasteiger partial charge on any atom is -0.465 e. The van der Waals surface area contributed by atoms with Crippen LogP contribution in [0.3, 0.4) is 0 Å². The lowest BCUT2D eigenvalue weighted by Gasteiger charge is -2.26. The van der Waals surface area contributed by atoms with Gasteiger partial charge in [-0.2, -0.15) is 0 Å². The van der Waals surface area contributed by atoms with Crippen LogP contribution in [0.2, 0.25) is 0 Å². The molecule has 0 aliphatic heterocycles. The number of unbranched alkanes of at least 4 members (excludes halogenated alkanes) is 2. The van der Waals surface area contributed by atoms with E-state index < -0.39 is 12.1 Å². The Kier molecular flexibility index (Phi) is 13.8. The maximum atomic E-state index is 11.8. The third-order valence-corrected chi connectivity index (χ3v) is 4.60. The second kappa shape index (κ2) is 14.9. The monoisotopic (exact) mass is 413 g/mol. The molecular formula is C22H39NO6. The van der Waals surface area contributed by atoms with Crippen molar-refractivity contribution in [1.29, 1.82) is 0 Å². The van der Waals surface area contributed by atoms with Crippen LogP contribution in [0.15, 0.2) is 12.2 Å². The summed E-state index contributed by atoms with van der Waals surface area (Å²) in [4.78, 5) is 34.4. The van der Waals surface area contributed by atoms with Crippen molar-refractivity contribution in [3.05, 3.63) is 12.2 Å². The summed E-state index contributed by atoms with van der Waals surface area (Å²) in [7, 11) is 0. The van der Waals surface area contributed by atoms with Gasteiger partial charge in [0.1, 0.15) is 6.61 Å². The molecule has 0 aromatic heterocycles. The molecule has 7 nitrogen and oxygen atoms in total. The second-order valence-corrected chi connectivity index (χ2v) is 8.30. The summed E-state index contributed by atoms with van der Waals surface area (Å²) in [6.45, 7) is 14.7. The Morgan fingerprint density at radius 3 is 2.34 bits per heavy atom. The highest BCUT2D eigenvalue weighted by atomic mass is 16.6. The van der Waals surface area contributed by atoms with Crippen molar-refractivity contribution in [3.8, 4) is 0 Å². The average molecular weight is 414 g/mol. The number of nitrogens with one attached hydrogen (secondary N) is 1. The van der Waals surface area contributed by atoms with Crippen LogP contribution >= 0.6 is 0 Å². The Morgan fingerprint density at radius 1 is 1.03 bits per heavy atom. The van der Waals surface area contributed by atoms with Gasteiger partial charge in [0.2, 0.25) is 0 Å². The molecule has 0 rings (SSSR count). The average Bonchev–Trinajstić information content (AvgIpc) is 2.65. The Morgan fingerprint density at radius 2 is 1.72 bits per heavy atom. The van der Waals surface area contributed by atoms with E-state index in [1.807, 2.05) is 0 Å². The highest BCUT2D eigenvalue weighted by molar-refractivity contribution is 5.86. The van der Waals surface area contributed by atoms with E-state index in [0.717, 1.165) is 19.3 Å². The van der Waals surface area contributed by atoms with Crippen LogP contribution in [0.5, 0.6) is 0 Å². The quantitative estimate of drug-likeness (QED) is 0.185. The zero-order chi connectivity index (χ0) is 22.3. The van der Waals surface area contributed by atoms with Crippen molar-refractivity contribution in [1.82, 2.24) is 5.32 Å². The van der Waals surface area contributed by atoms with Crippen molar-refractivity contribution < 1.29 is 28.6 Å². The number of amides is 1. The number of alkyl carbamates (subject to hydrolysis) is 1. The molecule has 1 atom stereocenters. The van der Waals surface area contributed by atoms with Gasteiger partial charge in [0, 0.05) is 12.0 Å². The van der Waals surface area contributed by atoms with Crippen LogP contribution < -0.4 is 5.32 Å². The van der Waals surface area contributed by atoms with Gasteiger partial charge in [0.05, 0.1) is 19.8 Å². The van der Waals surface area contributed by atoms with Crippen molar-refractivity contribution in [2.75, 3.05) is 26.4 Å². The van der Waals surface area contributed by atoms with E-state index >= 15 is 0 Å². The van der Waals surface area contributed by atoms with E-state index in [-0.39, 0.29) is 31.1 Å². The molecule has 0 heterocycles. The fourth-order valence-corrected chi connectivity index (χ4v) is 2.64. The molecule has 0 bridgehead atoms. The molecule has 0 spiro atoms. The lowest BCUT2D eigenvalue weighted by Crippen LogP contribution is -2.29. The summed E-state index contributed by atoms with van der Waals surface area (Å²) in [5, 5.41) is 2.49. The van der Waals surface area contributed by atoms with E-state index in [1.54, 1.807) is 6.92 Å². The summed E-state index contributed by atoms with van der Waals surface area (Å²) in [6.07, 6.45) is 4.11. The third kappa shape index (κ3) is 15.5. The Labute approximate surface area is 175 Å². The molecule has 0 aliphatic carbocycles. The van der Waals surface area contributed by atoms with E-state index in [2.05, 4.69) is 39.6 Å². The highest BCUT2D eigenvalue weighted by Crippen LogP contribution is 2.28. The Hall–Kier alpha value is -2.05. The van der Waals surface area contributed by atoms with Gasteiger partial charge in [-0.25, -0.2) is 9.59 Å². The molecule has 0 saturated heterocycles. The number of ether oxygens (including phenoxy) is 3. The predicted molar refractivity (Wildman–Crippen MR) is 112 cm³/mol. The summed E-state index contributed by atoms with van der Waals surface area (Å²) in [5.41, 5.74) is 0.583. The molecule has 7 heteroatoms. The largest absolute Gasteiger partial charge is 0.465 e. The highest BCUT2D eigenvalue weighted by Gasteiger charge is 2.19. The molecule has 0 saturated carbocycles. The number of esters is 2. The number of hydrogen-bond acceptors (Lipinski definition) is 6. The first kappa shape index (κ1) is 27.0. The van der Waals surface area contributed by atoms with E-state index in [9.17, 15) is 14.4 Å². The molecule has 1 unspecified atom stereocenters. The molecule has 0 aromatic rings. The van der Waals surface area contributed by atoms with Gasteiger partial charge in [0.15, 0.2) is 0 Å². The van der Waals surface area contributed by atoms with Crippen LogP contribution in [0.25, 0.3) is 0 Å². The van der Waals surface area contributed by atoms with Crippen molar-refractivity contribution in [2.24, 2.45) is 11.3 Å². The molecule has 1 amide bonds. The number of hydrogen-bond donors (Lipinski definition) is 1. The molecule has 0 fully saturated rings. The summed E-state index contributed by atoms with van der Waals surface area (Å²) in [6, 6.07) is 0. The maximum Gasteiger partial charge on any atom is 0.407 e. The summed E-state index contributed by atoms with van der Waals surface area (Å²) < 4.78 is 15.2. The lowest BCUT2D eigenvalue weighted by atomic mass is 9.81. The zero-order valence-corrected chi connectivity index (χ0v) is 18.8. The fourth-order valence-electron chi connectivity index (χ4n) is 2.64. The molecule has 0 radical (unpaired) electrons. The van der Waals surface area contributed by atoms with Crippen LogP contribution in [0.4, 0.5) is 4.79 Å². The van der Waals surface area contributed by atoms with E-state index in [4.69, 9.17) is 14.2 Å². The minimum atomic E-state index is -0.556. The molecular weight excluding hydrogens is 374 g/mol. The summed E-state index contributed by atoms with van der Waals surface area (Å²) in [5.74, 6) is -0.308. The smallest absolute Gasteiger partial charge is 0.407 e. The maximum absolute atomic E-state index is 11.8. The first-order valence-corrected chi connectivity index (χ1v) is 10.5. The van der Waals surface area contributed by atoms with Gasteiger partial charge >= 0.3 is 18.0 Å². The zero-order valence-electron chi connectivity index (χ0n) is 18.8. The predicted octanol–water partition coefficient (Wildman–Crippen LogP) is 4.40.